The predicted octanol–water partition coefficient (Wildman–Crippen LogP) is 2.97. The summed E-state index contributed by atoms with van der Waals surface area (Å²) in [7, 11) is 0. The molecule has 0 aromatic heterocycles. The first-order chi connectivity index (χ1) is 3.79. The highest BCUT2D eigenvalue weighted by molar-refractivity contribution is 6.45. The first kappa shape index (κ1) is 4.66. The van der Waals surface area contributed by atoms with Crippen LogP contribution in [0.25, 0.3) is 11.1 Å². The molecule has 0 aromatic rings. The molecule has 2 rings (SSSR count). The van der Waals surface area contributed by atoms with Crippen LogP contribution in [0.15, 0.2) is 12.1 Å². The molecule has 2 aliphatic carbocycles. The van der Waals surface area contributed by atoms with Crippen LogP contribution in [0.2, 0.25) is 10.0 Å². The minimum atomic E-state index is 0.680. The normalized spacial score (nSPS) is 11.8. The van der Waals surface area contributed by atoms with Crippen molar-refractivity contribution in [1.82, 2.24) is 0 Å². The Kier molecular flexibility index (Phi) is 0.699. The molecule has 0 heterocycles. The molecule has 0 unspecified atom stereocenters. The molecule has 0 N–H and O–H groups in total. The second-order valence-corrected chi connectivity index (χ2v) is 2.60. The third-order valence-corrected chi connectivity index (χ3v) is 2.06. The number of hydrogen-bond donors (Lipinski definition) is 0. The zero-order chi connectivity index (χ0) is 5.72. The Labute approximate surface area is 57.0 Å². The molecule has 8 heavy (non-hydrogen) atoms. The van der Waals surface area contributed by atoms with E-state index in [1.165, 1.54) is 5.56 Å². The number of hydrogen-bond acceptors (Lipinski definition) is 0. The highest BCUT2D eigenvalue weighted by Gasteiger charge is 2.19. The van der Waals surface area contributed by atoms with E-state index in [1.54, 1.807) is 0 Å². The maximum absolute atomic E-state index is 5.68. The van der Waals surface area contributed by atoms with Gasteiger partial charge in [-0.3, -0.25) is 0 Å². The van der Waals surface area contributed by atoms with Crippen LogP contribution >= 0.6 is 23.2 Å². The molecule has 0 saturated heterocycles. The predicted molar refractivity (Wildman–Crippen MR) is 35.5 cm³/mol. The summed E-state index contributed by atoms with van der Waals surface area (Å²) in [5.41, 5.74) is 2.32. The molecule has 2 aliphatic rings. The van der Waals surface area contributed by atoms with Crippen molar-refractivity contribution < 1.29 is 0 Å². The average Bonchev–Trinajstić information content (AvgIpc) is 2.39. The Bertz CT molecular complexity index is 253. The lowest BCUT2D eigenvalue weighted by molar-refractivity contribution is 1.98. The molecule has 0 aliphatic heterocycles. The topological polar surface area (TPSA) is 0 Å². The van der Waals surface area contributed by atoms with Crippen molar-refractivity contribution in [3.05, 3.63) is 22.2 Å². The monoisotopic (exact) mass is 144 g/mol. The van der Waals surface area contributed by atoms with Crippen molar-refractivity contribution in [2.45, 2.75) is 0 Å². The number of halogens is 2. The zero-order valence-electron chi connectivity index (χ0n) is 3.91. The fourth-order valence-electron chi connectivity index (χ4n) is 0.757. The summed E-state index contributed by atoms with van der Waals surface area (Å²) in [6.07, 6.45) is 0. The minimum Gasteiger partial charge on any atom is -0.0827 e. The highest BCUT2D eigenvalue weighted by atomic mass is 35.5. The van der Waals surface area contributed by atoms with Crippen molar-refractivity contribution in [3.63, 3.8) is 0 Å². The van der Waals surface area contributed by atoms with E-state index in [4.69, 9.17) is 23.2 Å². The molecule has 40 valence electrons. The molecule has 0 aromatic carbocycles. The first-order valence-corrected chi connectivity index (χ1v) is 3.04. The summed E-state index contributed by atoms with van der Waals surface area (Å²) in [6, 6.07) is 3.88. The van der Waals surface area contributed by atoms with Crippen LogP contribution in [0, 0.1) is 0 Å². The second-order valence-electron chi connectivity index (χ2n) is 1.82. The van der Waals surface area contributed by atoms with Gasteiger partial charge in [-0.15, -0.1) is 0 Å². The number of fused-ring (bicyclic) bond motifs is 1. The summed E-state index contributed by atoms with van der Waals surface area (Å²) in [6.45, 7) is 0. The molecule has 0 amide bonds. The molecule has 0 saturated carbocycles. The summed E-state index contributed by atoms with van der Waals surface area (Å²) >= 11 is 11.3. The summed E-state index contributed by atoms with van der Waals surface area (Å²) < 4.78 is 0. The van der Waals surface area contributed by atoms with E-state index in [9.17, 15) is 0 Å². The molecule has 0 bridgehead atoms. The maximum Gasteiger partial charge on any atom is 0.0671 e. The molecule has 0 atom stereocenters. The summed E-state index contributed by atoms with van der Waals surface area (Å²) in [4.78, 5) is 0. The van der Waals surface area contributed by atoms with E-state index in [0.29, 0.717) is 10.0 Å². The Hall–Kier alpha value is -0.200. The van der Waals surface area contributed by atoms with Crippen LogP contribution in [-0.4, -0.2) is 0 Å². The van der Waals surface area contributed by atoms with Crippen LogP contribution in [0.3, 0.4) is 0 Å². The van der Waals surface area contributed by atoms with Gasteiger partial charge in [-0.2, -0.15) is 0 Å². The van der Waals surface area contributed by atoms with Gasteiger partial charge in [-0.1, -0.05) is 23.2 Å². The van der Waals surface area contributed by atoms with Gasteiger partial charge in [0.2, 0.25) is 0 Å². The first-order valence-electron chi connectivity index (χ1n) is 2.28. The van der Waals surface area contributed by atoms with Crippen LogP contribution in [-0.2, 0) is 0 Å². The average molecular weight is 145 g/mol. The van der Waals surface area contributed by atoms with Crippen molar-refractivity contribution in [3.8, 4) is 11.1 Å². The van der Waals surface area contributed by atoms with Gasteiger partial charge in [0.1, 0.15) is 0 Å². The van der Waals surface area contributed by atoms with Gasteiger partial charge >= 0.3 is 0 Å². The zero-order valence-corrected chi connectivity index (χ0v) is 5.42. The van der Waals surface area contributed by atoms with E-state index in [2.05, 4.69) is 0 Å². The largest absolute Gasteiger partial charge is 0.0827 e. The van der Waals surface area contributed by atoms with E-state index < -0.39 is 0 Å². The number of benzene rings is 1. The molecular weight excluding hydrogens is 143 g/mol. The van der Waals surface area contributed by atoms with Crippen molar-refractivity contribution in [1.29, 1.82) is 0 Å². The molecule has 2 heteroatoms. The van der Waals surface area contributed by atoms with Crippen LogP contribution in [0.1, 0.15) is 0 Å². The minimum absolute atomic E-state index is 0.680. The van der Waals surface area contributed by atoms with Gasteiger partial charge in [0.15, 0.2) is 0 Å². The molecule has 0 nitrogen and oxygen atoms in total. The van der Waals surface area contributed by atoms with Crippen molar-refractivity contribution >= 4 is 23.2 Å². The van der Waals surface area contributed by atoms with Gasteiger partial charge < -0.3 is 0 Å². The molecule has 0 fully saturated rings. The van der Waals surface area contributed by atoms with E-state index >= 15 is 0 Å². The van der Waals surface area contributed by atoms with Crippen LogP contribution in [0.4, 0.5) is 0 Å². The second kappa shape index (κ2) is 1.20. The van der Waals surface area contributed by atoms with Gasteiger partial charge in [0.05, 0.1) is 10.0 Å². The quantitative estimate of drug-likeness (QED) is 0.534. The van der Waals surface area contributed by atoms with E-state index in [1.807, 2.05) is 12.1 Å². The van der Waals surface area contributed by atoms with Gasteiger partial charge in [0.25, 0.3) is 0 Å². The Morgan fingerprint density at radius 2 is 1.88 bits per heavy atom. The van der Waals surface area contributed by atoms with E-state index in [-0.39, 0.29) is 0 Å². The third-order valence-electron chi connectivity index (χ3n) is 1.26. The van der Waals surface area contributed by atoms with Gasteiger partial charge in [-0.05, 0) is 17.7 Å². The van der Waals surface area contributed by atoms with Crippen LogP contribution < -0.4 is 0 Å². The SMILES string of the molecule is Clc1cc2cc-2c1Cl. The third kappa shape index (κ3) is 0.422. The molecular formula is C6H2Cl2. The summed E-state index contributed by atoms with van der Waals surface area (Å²) in [5.74, 6) is 0. The summed E-state index contributed by atoms with van der Waals surface area (Å²) in [5, 5.41) is 1.39. The fraction of sp³-hybridized carbons (Fsp3) is 0. The Morgan fingerprint density at radius 3 is 2.12 bits per heavy atom. The Balaban J connectivity index is 2.74. The lowest BCUT2D eigenvalue weighted by Gasteiger charge is -1.77. The Morgan fingerprint density at radius 1 is 1.12 bits per heavy atom. The van der Waals surface area contributed by atoms with Crippen LogP contribution in [0.5, 0.6) is 0 Å². The smallest absolute Gasteiger partial charge is 0.0671 e. The standard InChI is InChI=1S/C6H2Cl2/c7-5-2-3-1-4(3)6(5)8/h1-2H. The fourth-order valence-corrected chi connectivity index (χ4v) is 1.20. The van der Waals surface area contributed by atoms with Gasteiger partial charge in [-0.25, -0.2) is 0 Å². The van der Waals surface area contributed by atoms with Crippen molar-refractivity contribution in [2.24, 2.45) is 0 Å². The van der Waals surface area contributed by atoms with E-state index in [0.717, 1.165) is 5.56 Å². The van der Waals surface area contributed by atoms with Gasteiger partial charge in [0, 0.05) is 5.56 Å². The number of rotatable bonds is 0. The van der Waals surface area contributed by atoms with Crippen molar-refractivity contribution in [2.75, 3.05) is 0 Å². The molecule has 0 spiro atoms. The molecule has 0 radical (unpaired) electrons. The highest BCUT2D eigenvalue weighted by Crippen LogP contribution is 2.46. The lowest BCUT2D eigenvalue weighted by Crippen LogP contribution is -1.48. The maximum atomic E-state index is 5.68. The lowest BCUT2D eigenvalue weighted by atomic mass is 10.5.